The highest BCUT2D eigenvalue weighted by atomic mass is 19.1. The Bertz CT molecular complexity index is 819. The number of aromatic nitrogens is 1. The standard InChI is InChI=1S/C17H14FNO2/c1-11(20)17-10-12-9-15(21-2)7-8-16(12)19(17)14-5-3-13(18)4-6-14/h3-10H,1-2H3. The number of rotatable bonds is 3. The second-order valence-electron chi connectivity index (χ2n) is 4.82. The fraction of sp³-hybridized carbons (Fsp3) is 0.118. The van der Waals surface area contributed by atoms with Gasteiger partial charge in [-0.1, -0.05) is 0 Å². The van der Waals surface area contributed by atoms with Gasteiger partial charge in [-0.2, -0.15) is 0 Å². The van der Waals surface area contributed by atoms with Crippen LogP contribution in [0.25, 0.3) is 16.6 Å². The average Bonchev–Trinajstić information content (AvgIpc) is 2.86. The number of nitrogens with zero attached hydrogens (tertiary/aromatic N) is 1. The molecule has 0 radical (unpaired) electrons. The van der Waals surface area contributed by atoms with Crippen LogP contribution in [0.1, 0.15) is 17.4 Å². The number of fused-ring (bicyclic) bond motifs is 1. The fourth-order valence-corrected chi connectivity index (χ4v) is 2.45. The Morgan fingerprint density at radius 1 is 1.10 bits per heavy atom. The SMILES string of the molecule is COc1ccc2c(c1)cc(C(C)=O)n2-c1ccc(F)cc1. The molecule has 0 aliphatic heterocycles. The highest BCUT2D eigenvalue weighted by Gasteiger charge is 2.14. The van der Waals surface area contributed by atoms with Crippen LogP contribution in [0.15, 0.2) is 48.5 Å². The molecule has 0 fully saturated rings. The highest BCUT2D eigenvalue weighted by molar-refractivity contribution is 6.00. The average molecular weight is 283 g/mol. The maximum Gasteiger partial charge on any atom is 0.176 e. The minimum Gasteiger partial charge on any atom is -0.497 e. The molecule has 0 saturated heterocycles. The summed E-state index contributed by atoms with van der Waals surface area (Å²) in [7, 11) is 1.60. The number of hydrogen-bond donors (Lipinski definition) is 0. The zero-order chi connectivity index (χ0) is 15.0. The van der Waals surface area contributed by atoms with E-state index in [2.05, 4.69) is 0 Å². The minimum atomic E-state index is -0.304. The molecule has 1 aromatic heterocycles. The van der Waals surface area contributed by atoms with E-state index in [0.29, 0.717) is 5.69 Å². The Morgan fingerprint density at radius 3 is 2.43 bits per heavy atom. The van der Waals surface area contributed by atoms with Gasteiger partial charge >= 0.3 is 0 Å². The first-order chi connectivity index (χ1) is 10.1. The smallest absolute Gasteiger partial charge is 0.176 e. The molecule has 0 unspecified atom stereocenters. The Morgan fingerprint density at radius 2 is 1.81 bits per heavy atom. The van der Waals surface area contributed by atoms with Crippen molar-refractivity contribution in [3.8, 4) is 11.4 Å². The van der Waals surface area contributed by atoms with Crippen molar-refractivity contribution in [2.45, 2.75) is 6.92 Å². The molecule has 0 aliphatic rings. The van der Waals surface area contributed by atoms with Gasteiger partial charge < -0.3 is 9.30 Å². The summed E-state index contributed by atoms with van der Waals surface area (Å²) in [6, 6.07) is 13.5. The van der Waals surface area contributed by atoms with Gasteiger partial charge in [0.25, 0.3) is 0 Å². The number of hydrogen-bond acceptors (Lipinski definition) is 2. The summed E-state index contributed by atoms with van der Waals surface area (Å²) in [4.78, 5) is 11.9. The third-order valence-corrected chi connectivity index (χ3v) is 3.45. The third kappa shape index (κ3) is 2.29. The topological polar surface area (TPSA) is 31.2 Å². The van der Waals surface area contributed by atoms with Gasteiger partial charge in [0, 0.05) is 18.0 Å². The largest absolute Gasteiger partial charge is 0.497 e. The summed E-state index contributed by atoms with van der Waals surface area (Å²) in [5.74, 6) is 0.379. The summed E-state index contributed by atoms with van der Waals surface area (Å²) in [6.07, 6.45) is 0. The van der Waals surface area contributed by atoms with Crippen LogP contribution in [0, 0.1) is 5.82 Å². The van der Waals surface area contributed by atoms with Gasteiger partial charge in [0.15, 0.2) is 5.78 Å². The second-order valence-corrected chi connectivity index (χ2v) is 4.82. The normalized spacial score (nSPS) is 10.8. The molecular weight excluding hydrogens is 269 g/mol. The molecule has 0 saturated carbocycles. The lowest BCUT2D eigenvalue weighted by Gasteiger charge is -2.09. The van der Waals surface area contributed by atoms with Crippen molar-refractivity contribution in [3.63, 3.8) is 0 Å². The van der Waals surface area contributed by atoms with Crippen molar-refractivity contribution in [2.75, 3.05) is 7.11 Å². The zero-order valence-corrected chi connectivity index (χ0v) is 11.8. The van der Waals surface area contributed by atoms with Crippen molar-refractivity contribution in [2.24, 2.45) is 0 Å². The van der Waals surface area contributed by atoms with Crippen LogP contribution in [0.4, 0.5) is 4.39 Å². The molecule has 0 atom stereocenters. The molecule has 0 amide bonds. The van der Waals surface area contributed by atoms with Crippen LogP contribution in [0.5, 0.6) is 5.75 Å². The molecule has 3 rings (SSSR count). The number of Topliss-reactive ketones (excluding diaryl/α,β-unsaturated/α-hetero) is 1. The molecule has 2 aromatic carbocycles. The van der Waals surface area contributed by atoms with Gasteiger partial charge in [-0.3, -0.25) is 4.79 Å². The quantitative estimate of drug-likeness (QED) is 0.681. The highest BCUT2D eigenvalue weighted by Crippen LogP contribution is 2.28. The summed E-state index contributed by atoms with van der Waals surface area (Å²) in [5.41, 5.74) is 2.19. The number of halogens is 1. The van der Waals surface area contributed by atoms with Gasteiger partial charge in [-0.25, -0.2) is 4.39 Å². The van der Waals surface area contributed by atoms with E-state index < -0.39 is 0 Å². The van der Waals surface area contributed by atoms with Crippen molar-refractivity contribution in [3.05, 3.63) is 60.0 Å². The molecular formula is C17H14FNO2. The molecule has 21 heavy (non-hydrogen) atoms. The molecule has 3 nitrogen and oxygen atoms in total. The minimum absolute atomic E-state index is 0.0468. The lowest BCUT2D eigenvalue weighted by Crippen LogP contribution is -2.04. The number of methoxy groups -OCH3 is 1. The lowest BCUT2D eigenvalue weighted by atomic mass is 10.2. The van der Waals surface area contributed by atoms with E-state index in [1.165, 1.54) is 19.1 Å². The van der Waals surface area contributed by atoms with Crippen LogP contribution >= 0.6 is 0 Å². The monoisotopic (exact) mass is 283 g/mol. The van der Waals surface area contributed by atoms with Gasteiger partial charge in [0.1, 0.15) is 11.6 Å². The predicted octanol–water partition coefficient (Wildman–Crippen LogP) is 3.98. The van der Waals surface area contributed by atoms with Crippen LogP contribution in [-0.4, -0.2) is 17.5 Å². The van der Waals surface area contributed by atoms with Crippen LogP contribution < -0.4 is 4.74 Å². The number of carbonyl (C=O) groups excluding carboxylic acids is 1. The first-order valence-electron chi connectivity index (χ1n) is 6.56. The molecule has 4 heteroatoms. The van der Waals surface area contributed by atoms with Gasteiger partial charge in [0.05, 0.1) is 18.3 Å². The Hall–Kier alpha value is -2.62. The molecule has 0 bridgehead atoms. The van der Waals surface area contributed by atoms with Gasteiger partial charge in [-0.05, 0) is 48.5 Å². The predicted molar refractivity (Wildman–Crippen MR) is 79.8 cm³/mol. The van der Waals surface area contributed by atoms with Crippen molar-refractivity contribution in [1.29, 1.82) is 0 Å². The van der Waals surface area contributed by atoms with Crippen molar-refractivity contribution < 1.29 is 13.9 Å². The van der Waals surface area contributed by atoms with E-state index in [1.807, 2.05) is 28.8 Å². The maximum atomic E-state index is 13.1. The molecule has 3 aromatic rings. The number of benzene rings is 2. The molecule has 0 N–H and O–H groups in total. The van der Waals surface area contributed by atoms with Crippen LogP contribution in [0.2, 0.25) is 0 Å². The van der Waals surface area contributed by atoms with E-state index in [-0.39, 0.29) is 11.6 Å². The summed E-state index contributed by atoms with van der Waals surface area (Å²) >= 11 is 0. The first kappa shape index (κ1) is 13.4. The van der Waals surface area contributed by atoms with E-state index in [1.54, 1.807) is 19.2 Å². The number of carbonyl (C=O) groups is 1. The fourth-order valence-electron chi connectivity index (χ4n) is 2.45. The zero-order valence-electron chi connectivity index (χ0n) is 11.8. The molecule has 0 spiro atoms. The molecule has 0 aliphatic carbocycles. The lowest BCUT2D eigenvalue weighted by molar-refractivity contribution is 0.101. The Balaban J connectivity index is 2.30. The summed E-state index contributed by atoms with van der Waals surface area (Å²) < 4.78 is 20.1. The number of ether oxygens (including phenoxy) is 1. The van der Waals surface area contributed by atoms with E-state index in [0.717, 1.165) is 22.3 Å². The van der Waals surface area contributed by atoms with Crippen molar-refractivity contribution >= 4 is 16.7 Å². The van der Waals surface area contributed by atoms with E-state index >= 15 is 0 Å². The first-order valence-corrected chi connectivity index (χ1v) is 6.56. The van der Waals surface area contributed by atoms with E-state index in [4.69, 9.17) is 4.74 Å². The summed E-state index contributed by atoms with van der Waals surface area (Å²) in [5, 5.41) is 0.906. The Kier molecular flexibility index (Phi) is 3.22. The molecule has 106 valence electrons. The Labute approximate surface area is 121 Å². The third-order valence-electron chi connectivity index (χ3n) is 3.45. The second kappa shape index (κ2) is 5.05. The van der Waals surface area contributed by atoms with Gasteiger partial charge in [0.2, 0.25) is 0 Å². The summed E-state index contributed by atoms with van der Waals surface area (Å²) in [6.45, 7) is 1.52. The van der Waals surface area contributed by atoms with Crippen LogP contribution in [-0.2, 0) is 0 Å². The van der Waals surface area contributed by atoms with Crippen molar-refractivity contribution in [1.82, 2.24) is 4.57 Å². The van der Waals surface area contributed by atoms with Crippen LogP contribution in [0.3, 0.4) is 0 Å². The van der Waals surface area contributed by atoms with E-state index in [9.17, 15) is 9.18 Å². The van der Waals surface area contributed by atoms with Gasteiger partial charge in [-0.15, -0.1) is 0 Å². The molecule has 1 heterocycles. The number of ketones is 1. The maximum absolute atomic E-state index is 13.1.